The van der Waals surface area contributed by atoms with Crippen LogP contribution in [0.4, 0.5) is 4.39 Å². The molecule has 2 aliphatic rings. The Labute approximate surface area is 235 Å². The number of fused-ring (bicyclic) bond motifs is 1. The summed E-state index contributed by atoms with van der Waals surface area (Å²) in [4.78, 5) is 39.4. The van der Waals surface area contributed by atoms with E-state index in [0.29, 0.717) is 36.5 Å². The fourth-order valence-electron chi connectivity index (χ4n) is 6.05. The first kappa shape index (κ1) is 28.2. The van der Waals surface area contributed by atoms with Crippen molar-refractivity contribution in [1.29, 1.82) is 0 Å². The second-order valence-corrected chi connectivity index (χ2v) is 11.5. The zero-order valence-electron chi connectivity index (χ0n) is 23.8. The van der Waals surface area contributed by atoms with Gasteiger partial charge >= 0.3 is 0 Å². The number of carbonyl (C=O) groups excluding carboxylic acids is 2. The lowest BCUT2D eigenvalue weighted by atomic mass is 9.91. The Morgan fingerprint density at radius 2 is 1.98 bits per heavy atom. The largest absolute Gasteiger partial charge is 0.480 e. The molecule has 0 bridgehead atoms. The first-order valence-electron chi connectivity index (χ1n) is 14.5. The van der Waals surface area contributed by atoms with Crippen LogP contribution >= 0.6 is 0 Å². The zero-order chi connectivity index (χ0) is 28.3. The number of nitrogens with one attached hydrogen (secondary N) is 2. The average Bonchev–Trinajstić information content (AvgIpc) is 3.54. The second-order valence-electron chi connectivity index (χ2n) is 11.5. The molecule has 9 heteroatoms. The lowest BCUT2D eigenvalue weighted by molar-refractivity contribution is -0.124. The van der Waals surface area contributed by atoms with Gasteiger partial charge in [-0.3, -0.25) is 9.59 Å². The van der Waals surface area contributed by atoms with E-state index in [1.807, 2.05) is 37.3 Å². The predicted molar refractivity (Wildman–Crippen MR) is 152 cm³/mol. The topological polar surface area (TPSA) is 100 Å². The fourth-order valence-corrected chi connectivity index (χ4v) is 6.05. The molecule has 1 aromatic carbocycles. The van der Waals surface area contributed by atoms with Gasteiger partial charge in [0.05, 0.1) is 24.2 Å². The number of aromatic nitrogens is 3. The summed E-state index contributed by atoms with van der Waals surface area (Å²) in [5.41, 5.74) is 1.53. The average molecular weight is 550 g/mol. The maximum atomic E-state index is 15.4. The van der Waals surface area contributed by atoms with Crippen LogP contribution in [0.5, 0.6) is 5.88 Å². The summed E-state index contributed by atoms with van der Waals surface area (Å²) in [7, 11) is 3.63. The molecule has 2 atom stereocenters. The number of aromatic amines is 1. The van der Waals surface area contributed by atoms with E-state index >= 15 is 4.39 Å². The molecule has 8 nitrogen and oxygen atoms in total. The molecule has 5 rings (SSSR count). The van der Waals surface area contributed by atoms with Crippen LogP contribution < -0.4 is 10.1 Å². The van der Waals surface area contributed by atoms with Crippen molar-refractivity contribution in [3.63, 3.8) is 0 Å². The van der Waals surface area contributed by atoms with Crippen molar-refractivity contribution in [1.82, 2.24) is 25.2 Å². The number of H-pyrrole nitrogens is 1. The molecule has 1 aliphatic carbocycles. The fraction of sp³-hybridized carbons (Fsp3) is 0.548. The van der Waals surface area contributed by atoms with Crippen molar-refractivity contribution < 1.29 is 18.7 Å². The van der Waals surface area contributed by atoms with Crippen molar-refractivity contribution >= 4 is 22.6 Å². The number of carbonyl (C=O) groups is 2. The molecule has 1 amide bonds. The number of nitrogens with zero attached hydrogens (tertiary/aromatic N) is 3. The Morgan fingerprint density at radius 3 is 2.73 bits per heavy atom. The first-order chi connectivity index (χ1) is 19.3. The summed E-state index contributed by atoms with van der Waals surface area (Å²) in [6.45, 7) is 3.90. The second kappa shape index (κ2) is 12.0. The van der Waals surface area contributed by atoms with E-state index in [2.05, 4.69) is 32.2 Å². The number of para-hydroxylation sites is 1. The number of hydrogen-bond acceptors (Lipinski definition) is 6. The monoisotopic (exact) mass is 549 g/mol. The number of ketones is 1. The first-order valence-corrected chi connectivity index (χ1v) is 14.5. The third-order valence-corrected chi connectivity index (χ3v) is 8.81. The molecule has 1 saturated carbocycles. The number of piperidine rings is 1. The summed E-state index contributed by atoms with van der Waals surface area (Å²) in [6, 6.07) is 8.98. The van der Waals surface area contributed by atoms with Crippen LogP contribution in [0.15, 0.2) is 30.3 Å². The Morgan fingerprint density at radius 1 is 1.20 bits per heavy atom. The quantitative estimate of drug-likeness (QED) is 0.286. The molecular formula is C31H40FN5O3. The van der Waals surface area contributed by atoms with Crippen LogP contribution in [0.25, 0.3) is 22.2 Å². The Bertz CT molecular complexity index is 1360. The normalized spacial score (nSPS) is 19.1. The number of rotatable bonds is 12. The molecule has 3 aromatic rings. The Kier molecular flexibility index (Phi) is 8.49. The molecular weight excluding hydrogens is 509 g/mol. The lowest BCUT2D eigenvalue weighted by Gasteiger charge is -2.30. The summed E-state index contributed by atoms with van der Waals surface area (Å²) in [5.74, 6) is 0.318. The highest BCUT2D eigenvalue weighted by Gasteiger charge is 2.58. The number of amides is 1. The van der Waals surface area contributed by atoms with E-state index in [9.17, 15) is 9.59 Å². The van der Waals surface area contributed by atoms with Crippen molar-refractivity contribution in [2.24, 2.45) is 11.3 Å². The highest BCUT2D eigenvalue weighted by Crippen LogP contribution is 2.59. The number of unbranched alkanes of at least 4 members (excludes halogenated alkanes) is 2. The highest BCUT2D eigenvalue weighted by atomic mass is 19.1. The van der Waals surface area contributed by atoms with E-state index in [1.165, 1.54) is 7.11 Å². The third-order valence-electron chi connectivity index (χ3n) is 8.81. The van der Waals surface area contributed by atoms with Crippen LogP contribution in [0.2, 0.25) is 0 Å². The minimum absolute atomic E-state index is 0.00469. The summed E-state index contributed by atoms with van der Waals surface area (Å²) < 4.78 is 20.9. The molecule has 1 aliphatic heterocycles. The molecule has 2 N–H and O–H groups in total. The summed E-state index contributed by atoms with van der Waals surface area (Å²) in [6.07, 6.45) is 7.17. The van der Waals surface area contributed by atoms with Gasteiger partial charge in [-0.15, -0.1) is 0 Å². The molecule has 214 valence electrons. The zero-order valence-corrected chi connectivity index (χ0v) is 23.8. The SMILES string of the molecule is CCC(=O)CCCCC[C@H](NC(=O)[C@H]1CC12CCN(C)CC2)c1nc(F)c(-c2cc3ccccc3nc2OC)[nH]1. The number of likely N-dealkylation sites (tertiary alicyclic amines) is 1. The molecule has 0 unspecified atom stereocenters. The van der Waals surface area contributed by atoms with E-state index in [1.54, 1.807) is 0 Å². The van der Waals surface area contributed by atoms with Crippen LogP contribution in [-0.4, -0.2) is 58.8 Å². The molecule has 2 fully saturated rings. The highest BCUT2D eigenvalue weighted by molar-refractivity contribution is 5.86. The number of ether oxygens (including phenoxy) is 1. The lowest BCUT2D eigenvalue weighted by Crippen LogP contribution is -2.36. The number of methoxy groups -OCH3 is 1. The maximum Gasteiger partial charge on any atom is 0.239 e. The Balaban J connectivity index is 1.36. The van der Waals surface area contributed by atoms with Gasteiger partial charge in [-0.05, 0) is 69.8 Å². The van der Waals surface area contributed by atoms with Gasteiger partial charge in [-0.2, -0.15) is 4.39 Å². The molecule has 40 heavy (non-hydrogen) atoms. The van der Waals surface area contributed by atoms with E-state index in [0.717, 1.165) is 62.5 Å². The number of pyridine rings is 1. The van der Waals surface area contributed by atoms with Crippen LogP contribution in [-0.2, 0) is 9.59 Å². The van der Waals surface area contributed by atoms with Crippen LogP contribution in [0.1, 0.15) is 76.6 Å². The minimum atomic E-state index is -0.656. The van der Waals surface area contributed by atoms with Gasteiger partial charge in [0, 0.05) is 24.1 Å². The van der Waals surface area contributed by atoms with Crippen LogP contribution in [0, 0.1) is 17.3 Å². The van der Waals surface area contributed by atoms with E-state index in [-0.39, 0.29) is 28.7 Å². The summed E-state index contributed by atoms with van der Waals surface area (Å²) >= 11 is 0. The Hall–Kier alpha value is -3.33. The maximum absolute atomic E-state index is 15.4. The van der Waals surface area contributed by atoms with Crippen molar-refractivity contribution in [3.05, 3.63) is 42.1 Å². The standard InChI is InChI=1S/C31H40FN5O3/c1-4-21(38)11-6-5-7-13-25(33-29(39)23-19-31(23)14-16-37(2)17-15-31)28-35-26(27(32)36-28)22-18-20-10-8-9-12-24(20)34-30(22)40-3/h8-10,12,18,23,25H,4-7,11,13-17,19H2,1-3H3,(H,33,39)(H,35,36)/t23-,25+/m1/s1. The number of benzene rings is 1. The molecule has 1 spiro atoms. The number of Topliss-reactive ketones (excluding diaryl/α,β-unsaturated/α-hetero) is 1. The molecule has 3 heterocycles. The number of halogens is 1. The number of hydrogen-bond donors (Lipinski definition) is 2. The smallest absolute Gasteiger partial charge is 0.239 e. The van der Waals surface area contributed by atoms with Gasteiger partial charge in [-0.25, -0.2) is 9.97 Å². The predicted octanol–water partition coefficient (Wildman–Crippen LogP) is 5.59. The van der Waals surface area contributed by atoms with Gasteiger partial charge in [0.1, 0.15) is 17.3 Å². The number of imidazole rings is 1. The third kappa shape index (κ3) is 6.04. The molecule has 0 radical (unpaired) electrons. The van der Waals surface area contributed by atoms with Crippen molar-refractivity contribution in [3.8, 4) is 17.1 Å². The van der Waals surface area contributed by atoms with E-state index < -0.39 is 12.0 Å². The van der Waals surface area contributed by atoms with Gasteiger partial charge in [0.25, 0.3) is 0 Å². The van der Waals surface area contributed by atoms with Crippen molar-refractivity contribution in [2.75, 3.05) is 27.2 Å². The van der Waals surface area contributed by atoms with Crippen molar-refractivity contribution in [2.45, 2.75) is 70.8 Å². The molecule has 2 aromatic heterocycles. The van der Waals surface area contributed by atoms with E-state index in [4.69, 9.17) is 4.74 Å². The van der Waals surface area contributed by atoms with Gasteiger partial charge < -0.3 is 19.9 Å². The van der Waals surface area contributed by atoms with Gasteiger partial charge in [0.15, 0.2) is 0 Å². The summed E-state index contributed by atoms with van der Waals surface area (Å²) in [5, 5.41) is 4.07. The van der Waals surface area contributed by atoms with Gasteiger partial charge in [0.2, 0.25) is 17.7 Å². The van der Waals surface area contributed by atoms with Crippen LogP contribution in [0.3, 0.4) is 0 Å². The van der Waals surface area contributed by atoms with Gasteiger partial charge in [-0.1, -0.05) is 38.0 Å². The molecule has 1 saturated heterocycles. The minimum Gasteiger partial charge on any atom is -0.480 e.